The highest BCUT2D eigenvalue weighted by Gasteiger charge is 2.36. The number of rotatable bonds is 4. The van der Waals surface area contributed by atoms with Gasteiger partial charge in [-0.05, 0) is 37.5 Å². The summed E-state index contributed by atoms with van der Waals surface area (Å²) in [7, 11) is 0. The van der Waals surface area contributed by atoms with Crippen molar-refractivity contribution in [2.45, 2.75) is 70.9 Å². The summed E-state index contributed by atoms with van der Waals surface area (Å²) in [4.78, 5) is 14.5. The van der Waals surface area contributed by atoms with E-state index in [2.05, 4.69) is 18.7 Å². The van der Waals surface area contributed by atoms with Crippen molar-refractivity contribution < 1.29 is 4.79 Å². The first-order chi connectivity index (χ1) is 8.59. The molecule has 1 aliphatic heterocycles. The molecule has 2 unspecified atom stereocenters. The Morgan fingerprint density at radius 1 is 1.22 bits per heavy atom. The standard InChI is InChI=1S/C15H28N2O/c1-11(2)13(16)10-15(18)17-9-5-8-14(17)12-6-3-4-7-12/h11-14H,3-10,16H2,1-2H3. The Morgan fingerprint density at radius 3 is 2.50 bits per heavy atom. The highest BCUT2D eigenvalue weighted by molar-refractivity contribution is 5.77. The largest absolute Gasteiger partial charge is 0.339 e. The topological polar surface area (TPSA) is 46.3 Å². The van der Waals surface area contributed by atoms with Crippen LogP contribution in [0.2, 0.25) is 0 Å². The summed E-state index contributed by atoms with van der Waals surface area (Å²) in [5.74, 6) is 1.46. The fraction of sp³-hybridized carbons (Fsp3) is 0.933. The molecule has 2 fully saturated rings. The van der Waals surface area contributed by atoms with Crippen LogP contribution in [0, 0.1) is 11.8 Å². The summed E-state index contributed by atoms with van der Waals surface area (Å²) in [6.07, 6.45) is 8.29. The predicted molar refractivity (Wildman–Crippen MR) is 74.1 cm³/mol. The first-order valence-electron chi connectivity index (χ1n) is 7.64. The first-order valence-corrected chi connectivity index (χ1v) is 7.64. The molecule has 2 atom stereocenters. The molecule has 0 radical (unpaired) electrons. The lowest BCUT2D eigenvalue weighted by Crippen LogP contribution is -2.42. The van der Waals surface area contributed by atoms with Crippen LogP contribution >= 0.6 is 0 Å². The van der Waals surface area contributed by atoms with Crippen LogP contribution in [0.15, 0.2) is 0 Å². The zero-order chi connectivity index (χ0) is 13.1. The molecule has 0 aromatic rings. The minimum atomic E-state index is 0.0160. The summed E-state index contributed by atoms with van der Waals surface area (Å²) in [6.45, 7) is 5.15. The molecule has 0 bridgehead atoms. The van der Waals surface area contributed by atoms with Crippen LogP contribution in [0.25, 0.3) is 0 Å². The van der Waals surface area contributed by atoms with Crippen LogP contribution in [0.5, 0.6) is 0 Å². The average Bonchev–Trinajstić information content (AvgIpc) is 2.99. The van der Waals surface area contributed by atoms with E-state index in [1.54, 1.807) is 0 Å². The van der Waals surface area contributed by atoms with E-state index in [4.69, 9.17) is 5.73 Å². The second-order valence-electron chi connectivity index (χ2n) is 6.45. The lowest BCUT2D eigenvalue weighted by atomic mass is 9.95. The Balaban J connectivity index is 1.91. The fourth-order valence-electron chi connectivity index (χ4n) is 3.49. The molecule has 3 nitrogen and oxygen atoms in total. The van der Waals surface area contributed by atoms with Gasteiger partial charge in [-0.3, -0.25) is 4.79 Å². The van der Waals surface area contributed by atoms with E-state index in [1.807, 2.05) is 0 Å². The average molecular weight is 252 g/mol. The molecule has 1 saturated carbocycles. The molecule has 3 heteroatoms. The number of hydrogen-bond donors (Lipinski definition) is 1. The molecule has 1 amide bonds. The normalized spacial score (nSPS) is 27.1. The summed E-state index contributed by atoms with van der Waals surface area (Å²) >= 11 is 0. The Morgan fingerprint density at radius 2 is 1.89 bits per heavy atom. The maximum Gasteiger partial charge on any atom is 0.224 e. The second kappa shape index (κ2) is 6.05. The number of hydrogen-bond acceptors (Lipinski definition) is 2. The van der Waals surface area contributed by atoms with E-state index in [1.165, 1.54) is 38.5 Å². The zero-order valence-electron chi connectivity index (χ0n) is 11.9. The van der Waals surface area contributed by atoms with Gasteiger partial charge in [-0.25, -0.2) is 0 Å². The molecule has 1 saturated heterocycles. The number of likely N-dealkylation sites (tertiary alicyclic amines) is 1. The fourth-order valence-corrected chi connectivity index (χ4v) is 3.49. The van der Waals surface area contributed by atoms with E-state index in [9.17, 15) is 4.79 Å². The van der Waals surface area contributed by atoms with Gasteiger partial charge in [0.25, 0.3) is 0 Å². The lowest BCUT2D eigenvalue weighted by Gasteiger charge is -2.30. The maximum atomic E-state index is 12.4. The van der Waals surface area contributed by atoms with Crippen molar-refractivity contribution in [2.24, 2.45) is 17.6 Å². The van der Waals surface area contributed by atoms with Crippen molar-refractivity contribution in [2.75, 3.05) is 6.54 Å². The molecular formula is C15H28N2O. The predicted octanol–water partition coefficient (Wildman–Crippen LogP) is 2.54. The molecule has 0 aromatic heterocycles. The van der Waals surface area contributed by atoms with Gasteiger partial charge in [-0.15, -0.1) is 0 Å². The summed E-state index contributed by atoms with van der Waals surface area (Å²) in [5, 5.41) is 0. The number of nitrogens with two attached hydrogens (primary N) is 1. The number of amides is 1. The second-order valence-corrected chi connectivity index (χ2v) is 6.45. The molecular weight excluding hydrogens is 224 g/mol. The van der Waals surface area contributed by atoms with Crippen LogP contribution in [0.4, 0.5) is 0 Å². The first kappa shape index (κ1) is 13.9. The third-order valence-corrected chi connectivity index (χ3v) is 4.83. The van der Waals surface area contributed by atoms with Crippen molar-refractivity contribution in [1.29, 1.82) is 0 Å². The van der Waals surface area contributed by atoms with Gasteiger partial charge in [0.05, 0.1) is 0 Å². The number of carbonyl (C=O) groups is 1. The van der Waals surface area contributed by atoms with E-state index < -0.39 is 0 Å². The van der Waals surface area contributed by atoms with Gasteiger partial charge in [0.15, 0.2) is 0 Å². The Kier molecular flexibility index (Phi) is 4.66. The van der Waals surface area contributed by atoms with Gasteiger partial charge in [0.2, 0.25) is 5.91 Å². The summed E-state index contributed by atoms with van der Waals surface area (Å²) in [6, 6.07) is 0.543. The number of nitrogens with zero attached hydrogens (tertiary/aromatic N) is 1. The lowest BCUT2D eigenvalue weighted by molar-refractivity contribution is -0.133. The van der Waals surface area contributed by atoms with Gasteiger partial charge in [-0.2, -0.15) is 0 Å². The minimum Gasteiger partial charge on any atom is -0.339 e. The van der Waals surface area contributed by atoms with Crippen molar-refractivity contribution in [3.63, 3.8) is 0 Å². The molecule has 0 aromatic carbocycles. The highest BCUT2D eigenvalue weighted by atomic mass is 16.2. The summed E-state index contributed by atoms with van der Waals surface area (Å²) < 4.78 is 0. The van der Waals surface area contributed by atoms with Crippen molar-refractivity contribution >= 4 is 5.91 Å². The van der Waals surface area contributed by atoms with E-state index >= 15 is 0 Å². The Labute approximate surface area is 111 Å². The third-order valence-electron chi connectivity index (χ3n) is 4.83. The molecule has 2 rings (SSSR count). The summed E-state index contributed by atoms with van der Waals surface area (Å²) in [5.41, 5.74) is 6.04. The Bertz CT molecular complexity index is 284. The monoisotopic (exact) mass is 252 g/mol. The quantitative estimate of drug-likeness (QED) is 0.835. The van der Waals surface area contributed by atoms with Gasteiger partial charge < -0.3 is 10.6 Å². The molecule has 1 heterocycles. The van der Waals surface area contributed by atoms with Gasteiger partial charge in [0.1, 0.15) is 0 Å². The smallest absolute Gasteiger partial charge is 0.224 e. The highest BCUT2D eigenvalue weighted by Crippen LogP contribution is 2.35. The van der Waals surface area contributed by atoms with E-state index in [0.29, 0.717) is 24.3 Å². The number of carbonyl (C=O) groups excluding carboxylic acids is 1. The van der Waals surface area contributed by atoms with E-state index in [0.717, 1.165) is 12.5 Å². The van der Waals surface area contributed by atoms with Crippen molar-refractivity contribution in [3.05, 3.63) is 0 Å². The molecule has 1 aliphatic carbocycles. The molecule has 104 valence electrons. The van der Waals surface area contributed by atoms with Crippen LogP contribution in [-0.2, 0) is 4.79 Å². The molecule has 2 aliphatic rings. The SMILES string of the molecule is CC(C)C(N)CC(=O)N1CCCC1C1CCCC1. The van der Waals surface area contributed by atoms with Crippen molar-refractivity contribution in [3.8, 4) is 0 Å². The van der Waals surface area contributed by atoms with Crippen LogP contribution < -0.4 is 5.73 Å². The Hall–Kier alpha value is -0.570. The molecule has 0 spiro atoms. The van der Waals surface area contributed by atoms with E-state index in [-0.39, 0.29) is 6.04 Å². The van der Waals surface area contributed by atoms with Crippen LogP contribution in [-0.4, -0.2) is 29.4 Å². The van der Waals surface area contributed by atoms with Crippen molar-refractivity contribution in [1.82, 2.24) is 4.90 Å². The molecule has 18 heavy (non-hydrogen) atoms. The maximum absolute atomic E-state index is 12.4. The zero-order valence-corrected chi connectivity index (χ0v) is 11.9. The van der Waals surface area contributed by atoms with Gasteiger partial charge in [-0.1, -0.05) is 26.7 Å². The molecule has 2 N–H and O–H groups in total. The van der Waals surface area contributed by atoms with Crippen LogP contribution in [0.1, 0.15) is 58.8 Å². The van der Waals surface area contributed by atoms with Crippen LogP contribution in [0.3, 0.4) is 0 Å². The van der Waals surface area contributed by atoms with Gasteiger partial charge in [0, 0.05) is 25.0 Å². The van der Waals surface area contributed by atoms with Gasteiger partial charge >= 0.3 is 0 Å². The third kappa shape index (κ3) is 3.05. The minimum absolute atomic E-state index is 0.0160.